The number of hydrogen-bond acceptors (Lipinski definition) is 5. The highest BCUT2D eigenvalue weighted by Gasteiger charge is 2.38. The zero-order valence-corrected chi connectivity index (χ0v) is 11.9. The Morgan fingerprint density at radius 2 is 2.06 bits per heavy atom. The van der Waals surface area contributed by atoms with Crippen LogP contribution in [0, 0.1) is 11.8 Å². The van der Waals surface area contributed by atoms with Crippen LogP contribution in [0.4, 0.5) is 0 Å². The largest absolute Gasteiger partial charge is 0.468 e. The second-order valence-corrected chi connectivity index (χ2v) is 7.22. The molecule has 3 unspecified atom stereocenters. The molecular weight excluding hydrogens is 254 g/mol. The van der Waals surface area contributed by atoms with Crippen LogP contribution in [0.3, 0.4) is 0 Å². The minimum atomic E-state index is -3.45. The summed E-state index contributed by atoms with van der Waals surface area (Å²) in [7, 11) is -2.25. The molecule has 106 valence electrons. The number of hydrogen-bond donors (Lipinski definition) is 1. The van der Waals surface area contributed by atoms with Crippen LogP contribution in [0.1, 0.15) is 32.6 Å². The molecule has 1 fully saturated rings. The maximum absolute atomic E-state index is 12.2. The van der Waals surface area contributed by atoms with Gasteiger partial charge in [0.1, 0.15) is 5.75 Å². The second-order valence-electron chi connectivity index (χ2n) is 5.00. The van der Waals surface area contributed by atoms with Crippen molar-refractivity contribution < 1.29 is 17.9 Å². The summed E-state index contributed by atoms with van der Waals surface area (Å²) in [5, 5.41) is -0.486. The van der Waals surface area contributed by atoms with E-state index in [1.807, 2.05) is 0 Å². The Labute approximate surface area is 109 Å². The molecule has 1 aliphatic carbocycles. The van der Waals surface area contributed by atoms with Crippen LogP contribution in [0.5, 0.6) is 0 Å². The third kappa shape index (κ3) is 3.68. The Bertz CT molecular complexity index is 380. The van der Waals surface area contributed by atoms with Crippen LogP contribution in [0.15, 0.2) is 0 Å². The van der Waals surface area contributed by atoms with E-state index < -0.39 is 26.8 Å². The van der Waals surface area contributed by atoms with Crippen LogP contribution in [0.2, 0.25) is 0 Å². The van der Waals surface area contributed by atoms with E-state index >= 15 is 0 Å². The first-order chi connectivity index (χ1) is 8.44. The summed E-state index contributed by atoms with van der Waals surface area (Å²) in [6.45, 7) is 2.43. The Kier molecular flexibility index (Phi) is 5.59. The molecule has 0 heterocycles. The van der Waals surface area contributed by atoms with E-state index in [2.05, 4.69) is 11.7 Å². The average Bonchev–Trinajstić information content (AvgIpc) is 2.37. The molecule has 6 heteroatoms. The minimum absolute atomic E-state index is 0.0255. The highest BCUT2D eigenvalue weighted by Crippen LogP contribution is 2.34. The normalized spacial score (nSPS) is 28.9. The third-order valence-electron chi connectivity index (χ3n) is 3.93. The van der Waals surface area contributed by atoms with E-state index in [1.54, 1.807) is 0 Å². The fraction of sp³-hybridized carbons (Fsp3) is 0.917. The second kappa shape index (κ2) is 6.52. The lowest BCUT2D eigenvalue weighted by Crippen LogP contribution is -2.42. The van der Waals surface area contributed by atoms with Crippen LogP contribution >= 0.6 is 0 Å². The number of methoxy groups -OCH3 is 1. The predicted molar refractivity (Wildman–Crippen MR) is 69.8 cm³/mol. The molecule has 0 aromatic carbocycles. The number of carbonyl (C=O) groups is 1. The number of sulfone groups is 1. The van der Waals surface area contributed by atoms with Gasteiger partial charge in [-0.15, -0.1) is 0 Å². The van der Waals surface area contributed by atoms with Gasteiger partial charge in [0.2, 0.25) is 0 Å². The molecule has 18 heavy (non-hydrogen) atoms. The predicted octanol–water partition coefficient (Wildman–Crippen LogP) is 0.728. The number of carbonyl (C=O) groups excluding carboxylic acids is 1. The summed E-state index contributed by atoms with van der Waals surface area (Å²) in [4.78, 5) is 11.2. The fourth-order valence-corrected chi connectivity index (χ4v) is 4.74. The van der Waals surface area contributed by atoms with Crippen LogP contribution in [0.25, 0.3) is 0 Å². The Hall–Kier alpha value is -0.620. The van der Waals surface area contributed by atoms with Gasteiger partial charge < -0.3 is 10.5 Å². The highest BCUT2D eigenvalue weighted by molar-refractivity contribution is 7.92. The van der Waals surface area contributed by atoms with Gasteiger partial charge in [-0.3, -0.25) is 4.79 Å². The van der Waals surface area contributed by atoms with Gasteiger partial charge in [0.25, 0.3) is 0 Å². The van der Waals surface area contributed by atoms with Crippen molar-refractivity contribution in [3.63, 3.8) is 0 Å². The topological polar surface area (TPSA) is 86.5 Å². The van der Waals surface area contributed by atoms with Crippen molar-refractivity contribution in [3.05, 3.63) is 0 Å². The van der Waals surface area contributed by atoms with E-state index in [0.29, 0.717) is 18.9 Å². The van der Waals surface area contributed by atoms with Crippen molar-refractivity contribution in [1.82, 2.24) is 0 Å². The Morgan fingerprint density at radius 1 is 1.39 bits per heavy atom. The molecule has 0 saturated heterocycles. The minimum Gasteiger partial charge on any atom is -0.468 e. The molecule has 0 aliphatic heterocycles. The van der Waals surface area contributed by atoms with Crippen molar-refractivity contribution in [2.75, 3.05) is 19.4 Å². The molecule has 0 spiro atoms. The van der Waals surface area contributed by atoms with Gasteiger partial charge in [-0.05, 0) is 31.2 Å². The van der Waals surface area contributed by atoms with Gasteiger partial charge in [0.05, 0.1) is 12.4 Å². The number of nitrogens with two attached hydrogens (primary N) is 1. The number of rotatable bonds is 5. The molecule has 0 bridgehead atoms. The first-order valence-corrected chi connectivity index (χ1v) is 8.14. The molecular formula is C12H23NO4S. The van der Waals surface area contributed by atoms with Gasteiger partial charge in [-0.2, -0.15) is 0 Å². The quantitative estimate of drug-likeness (QED) is 0.749. The molecule has 2 N–H and O–H groups in total. The van der Waals surface area contributed by atoms with Crippen molar-refractivity contribution in [3.8, 4) is 0 Å². The smallest absolute Gasteiger partial charge is 0.320 e. The molecule has 0 aromatic heterocycles. The fourth-order valence-electron chi connectivity index (χ4n) is 2.68. The van der Waals surface area contributed by atoms with Crippen LogP contribution < -0.4 is 5.73 Å². The van der Waals surface area contributed by atoms with Gasteiger partial charge >= 0.3 is 5.97 Å². The van der Waals surface area contributed by atoms with Crippen molar-refractivity contribution in [2.45, 2.75) is 37.9 Å². The monoisotopic (exact) mass is 277 g/mol. The summed E-state index contributed by atoms with van der Waals surface area (Å²) in [6.07, 6.45) is 3.46. The average molecular weight is 277 g/mol. The van der Waals surface area contributed by atoms with E-state index in [1.165, 1.54) is 7.11 Å². The van der Waals surface area contributed by atoms with E-state index in [9.17, 15) is 13.2 Å². The molecule has 0 aromatic rings. The zero-order chi connectivity index (χ0) is 13.8. The molecule has 1 rings (SSSR count). The maximum atomic E-state index is 12.2. The lowest BCUT2D eigenvalue weighted by Gasteiger charge is -2.34. The van der Waals surface area contributed by atoms with E-state index in [4.69, 9.17) is 5.73 Å². The third-order valence-corrected chi connectivity index (χ3v) is 6.06. The van der Waals surface area contributed by atoms with Gasteiger partial charge in [0.15, 0.2) is 9.84 Å². The van der Waals surface area contributed by atoms with Gasteiger partial charge in [0, 0.05) is 0 Å². The maximum Gasteiger partial charge on any atom is 0.320 e. The van der Waals surface area contributed by atoms with E-state index in [0.717, 1.165) is 19.3 Å². The summed E-state index contributed by atoms with van der Waals surface area (Å²) >= 11 is 0. The van der Waals surface area contributed by atoms with Crippen molar-refractivity contribution in [1.29, 1.82) is 0 Å². The van der Waals surface area contributed by atoms with Gasteiger partial charge in [-0.25, -0.2) is 8.42 Å². The summed E-state index contributed by atoms with van der Waals surface area (Å²) in [5.74, 6) is -0.821. The molecule has 1 saturated carbocycles. The molecule has 3 atom stereocenters. The number of esters is 1. The Morgan fingerprint density at radius 3 is 2.56 bits per heavy atom. The first-order valence-electron chi connectivity index (χ1n) is 6.43. The molecule has 5 nitrogen and oxygen atoms in total. The summed E-state index contributed by atoms with van der Waals surface area (Å²) in [5.41, 5.74) is 5.66. The first kappa shape index (κ1) is 15.4. The van der Waals surface area contributed by atoms with Crippen LogP contribution in [-0.4, -0.2) is 39.0 Å². The van der Waals surface area contributed by atoms with Gasteiger partial charge in [-0.1, -0.05) is 19.8 Å². The lowest BCUT2D eigenvalue weighted by molar-refractivity contribution is -0.137. The molecule has 0 amide bonds. The Balaban J connectivity index is 2.84. The molecule has 1 aliphatic rings. The van der Waals surface area contributed by atoms with Crippen molar-refractivity contribution in [2.24, 2.45) is 17.6 Å². The molecule has 0 radical (unpaired) electrons. The standard InChI is InChI=1S/C12H23NO4S/c1-3-9-4-5-10(7-13)11(6-9)18(15,16)8-12(14)17-2/h9-11H,3-8,13H2,1-2H3. The van der Waals surface area contributed by atoms with Crippen molar-refractivity contribution >= 4 is 15.8 Å². The highest BCUT2D eigenvalue weighted by atomic mass is 32.2. The SMILES string of the molecule is CCC1CCC(CN)C(S(=O)(=O)CC(=O)OC)C1. The zero-order valence-electron chi connectivity index (χ0n) is 11.1. The summed E-state index contributed by atoms with van der Waals surface area (Å²) in [6, 6.07) is 0. The number of ether oxygens (including phenoxy) is 1. The lowest BCUT2D eigenvalue weighted by atomic mass is 9.80. The summed E-state index contributed by atoms with van der Waals surface area (Å²) < 4.78 is 28.9. The van der Waals surface area contributed by atoms with Crippen LogP contribution in [-0.2, 0) is 19.4 Å². The van der Waals surface area contributed by atoms with E-state index in [-0.39, 0.29) is 5.92 Å².